The van der Waals surface area contributed by atoms with Gasteiger partial charge in [0.2, 0.25) is 0 Å². The predicted molar refractivity (Wildman–Crippen MR) is 81.0 cm³/mol. The van der Waals surface area contributed by atoms with E-state index in [9.17, 15) is 0 Å². The lowest BCUT2D eigenvalue weighted by molar-refractivity contribution is 0.280. The summed E-state index contributed by atoms with van der Waals surface area (Å²) >= 11 is 3.45. The van der Waals surface area contributed by atoms with E-state index in [2.05, 4.69) is 15.9 Å². The molecule has 106 valence electrons. The van der Waals surface area contributed by atoms with Gasteiger partial charge >= 0.3 is 0 Å². The van der Waals surface area contributed by atoms with Gasteiger partial charge in [-0.05, 0) is 29.8 Å². The molecule has 2 rings (SSSR count). The summed E-state index contributed by atoms with van der Waals surface area (Å²) in [6, 6.07) is 11.0. The lowest BCUT2D eigenvalue weighted by Crippen LogP contribution is -2.01. The molecule has 4 nitrogen and oxygen atoms in total. The van der Waals surface area contributed by atoms with E-state index in [1.807, 2.05) is 18.2 Å². The Kier molecular flexibility index (Phi) is 5.00. The van der Waals surface area contributed by atoms with Crippen molar-refractivity contribution in [1.29, 1.82) is 0 Å². The first-order valence-corrected chi connectivity index (χ1v) is 6.92. The molecule has 0 atom stereocenters. The van der Waals surface area contributed by atoms with Crippen LogP contribution in [0.1, 0.15) is 11.1 Å². The van der Waals surface area contributed by atoms with Gasteiger partial charge in [0, 0.05) is 16.6 Å². The quantitative estimate of drug-likeness (QED) is 0.879. The molecule has 2 aromatic carbocycles. The highest BCUT2D eigenvalue weighted by molar-refractivity contribution is 9.10. The van der Waals surface area contributed by atoms with Crippen LogP contribution < -0.4 is 15.2 Å². The number of nitrogens with two attached hydrogens (primary N) is 1. The van der Waals surface area contributed by atoms with E-state index in [1.54, 1.807) is 25.3 Å². The Labute approximate surface area is 126 Å². The van der Waals surface area contributed by atoms with Crippen LogP contribution in [-0.4, -0.2) is 12.2 Å². The molecule has 0 saturated carbocycles. The number of methoxy groups -OCH3 is 1. The highest BCUT2D eigenvalue weighted by Gasteiger charge is 2.11. The molecule has 0 spiro atoms. The van der Waals surface area contributed by atoms with Crippen molar-refractivity contribution in [1.82, 2.24) is 0 Å². The molecule has 0 aliphatic heterocycles. The molecule has 0 bridgehead atoms. The zero-order chi connectivity index (χ0) is 14.5. The molecule has 0 aromatic heterocycles. The minimum atomic E-state index is -0.0401. The Bertz CT molecular complexity index is 602. The van der Waals surface area contributed by atoms with Crippen molar-refractivity contribution in [3.05, 3.63) is 52.0 Å². The maximum atomic E-state index is 9.14. The summed E-state index contributed by atoms with van der Waals surface area (Å²) in [5.74, 6) is 1.83. The standard InChI is InChI=1S/C15H16BrNO3/c1-19-15-7-10(9-18)5-6-14(15)20-13-4-2-3-12(16)11(13)8-17/h2-7,18H,8-9,17H2,1H3. The summed E-state index contributed by atoms with van der Waals surface area (Å²) in [6.07, 6.45) is 0. The van der Waals surface area contributed by atoms with Gasteiger partial charge in [-0.3, -0.25) is 0 Å². The highest BCUT2D eigenvalue weighted by Crippen LogP contribution is 2.35. The van der Waals surface area contributed by atoms with Crippen LogP contribution in [0.4, 0.5) is 0 Å². The van der Waals surface area contributed by atoms with Crippen molar-refractivity contribution in [3.8, 4) is 17.2 Å². The predicted octanol–water partition coefficient (Wildman–Crippen LogP) is 3.20. The molecule has 0 unspecified atom stereocenters. The molecule has 0 fully saturated rings. The molecule has 0 amide bonds. The Hall–Kier alpha value is -1.56. The summed E-state index contributed by atoms with van der Waals surface area (Å²) in [4.78, 5) is 0. The van der Waals surface area contributed by atoms with E-state index in [4.69, 9.17) is 20.3 Å². The van der Waals surface area contributed by atoms with Crippen molar-refractivity contribution < 1.29 is 14.6 Å². The van der Waals surface area contributed by atoms with Crippen LogP contribution in [0.25, 0.3) is 0 Å². The van der Waals surface area contributed by atoms with E-state index < -0.39 is 0 Å². The number of halogens is 1. The summed E-state index contributed by atoms with van der Waals surface area (Å²) in [5.41, 5.74) is 7.40. The van der Waals surface area contributed by atoms with Crippen LogP contribution in [0.2, 0.25) is 0 Å². The van der Waals surface area contributed by atoms with Crippen molar-refractivity contribution in [2.45, 2.75) is 13.2 Å². The second kappa shape index (κ2) is 6.74. The van der Waals surface area contributed by atoms with Gasteiger partial charge in [0.1, 0.15) is 5.75 Å². The van der Waals surface area contributed by atoms with Crippen molar-refractivity contribution in [2.75, 3.05) is 7.11 Å². The van der Waals surface area contributed by atoms with E-state index >= 15 is 0 Å². The summed E-state index contributed by atoms with van der Waals surface area (Å²) in [7, 11) is 1.56. The number of benzene rings is 2. The van der Waals surface area contributed by atoms with E-state index in [0.717, 1.165) is 15.6 Å². The monoisotopic (exact) mass is 337 g/mol. The van der Waals surface area contributed by atoms with E-state index in [-0.39, 0.29) is 6.61 Å². The average Bonchev–Trinajstić information content (AvgIpc) is 2.48. The molecule has 0 radical (unpaired) electrons. The minimum Gasteiger partial charge on any atom is -0.493 e. The number of aliphatic hydroxyl groups excluding tert-OH is 1. The first-order chi connectivity index (χ1) is 9.69. The highest BCUT2D eigenvalue weighted by atomic mass is 79.9. The number of ether oxygens (including phenoxy) is 2. The molecule has 0 aliphatic rings. The Morgan fingerprint density at radius 2 is 1.95 bits per heavy atom. The first kappa shape index (κ1) is 14.8. The lowest BCUT2D eigenvalue weighted by atomic mass is 10.2. The average molecular weight is 338 g/mol. The van der Waals surface area contributed by atoms with Gasteiger partial charge in [0.05, 0.1) is 13.7 Å². The normalized spacial score (nSPS) is 10.4. The van der Waals surface area contributed by atoms with Crippen molar-refractivity contribution >= 4 is 15.9 Å². The van der Waals surface area contributed by atoms with Crippen LogP contribution >= 0.6 is 15.9 Å². The van der Waals surface area contributed by atoms with E-state index in [1.165, 1.54) is 0 Å². The first-order valence-electron chi connectivity index (χ1n) is 6.12. The lowest BCUT2D eigenvalue weighted by Gasteiger charge is -2.14. The molecule has 20 heavy (non-hydrogen) atoms. The zero-order valence-corrected chi connectivity index (χ0v) is 12.7. The Morgan fingerprint density at radius 3 is 2.60 bits per heavy atom. The molecule has 0 heterocycles. The summed E-state index contributed by atoms with van der Waals surface area (Å²) < 4.78 is 12.1. The molecule has 0 aliphatic carbocycles. The van der Waals surface area contributed by atoms with Crippen LogP contribution in [0.3, 0.4) is 0 Å². The van der Waals surface area contributed by atoms with Gasteiger partial charge in [-0.15, -0.1) is 0 Å². The Balaban J connectivity index is 2.37. The fourth-order valence-corrected chi connectivity index (χ4v) is 2.36. The van der Waals surface area contributed by atoms with Gasteiger partial charge in [0.15, 0.2) is 11.5 Å². The Morgan fingerprint density at radius 1 is 1.15 bits per heavy atom. The third-order valence-corrected chi connectivity index (χ3v) is 3.65. The number of hydrogen-bond donors (Lipinski definition) is 2. The van der Waals surface area contributed by atoms with Crippen LogP contribution in [0, 0.1) is 0 Å². The van der Waals surface area contributed by atoms with Gasteiger partial charge in [-0.25, -0.2) is 0 Å². The van der Waals surface area contributed by atoms with Gasteiger partial charge < -0.3 is 20.3 Å². The molecule has 0 saturated heterocycles. The SMILES string of the molecule is COc1cc(CO)ccc1Oc1cccc(Br)c1CN. The van der Waals surface area contributed by atoms with Gasteiger partial charge in [-0.1, -0.05) is 28.1 Å². The molecule has 5 heteroatoms. The molecule has 2 aromatic rings. The van der Waals surface area contributed by atoms with Crippen LogP contribution in [0.15, 0.2) is 40.9 Å². The van der Waals surface area contributed by atoms with Crippen LogP contribution in [-0.2, 0) is 13.2 Å². The smallest absolute Gasteiger partial charge is 0.169 e. The van der Waals surface area contributed by atoms with Crippen molar-refractivity contribution in [2.24, 2.45) is 5.73 Å². The topological polar surface area (TPSA) is 64.7 Å². The number of rotatable bonds is 5. The zero-order valence-electron chi connectivity index (χ0n) is 11.1. The fraction of sp³-hybridized carbons (Fsp3) is 0.200. The van der Waals surface area contributed by atoms with Crippen LogP contribution in [0.5, 0.6) is 17.2 Å². The summed E-state index contributed by atoms with van der Waals surface area (Å²) in [6.45, 7) is 0.329. The third kappa shape index (κ3) is 3.12. The molecular weight excluding hydrogens is 322 g/mol. The summed E-state index contributed by atoms with van der Waals surface area (Å²) in [5, 5.41) is 9.14. The third-order valence-electron chi connectivity index (χ3n) is 2.91. The van der Waals surface area contributed by atoms with Gasteiger partial charge in [0.25, 0.3) is 0 Å². The second-order valence-electron chi connectivity index (χ2n) is 4.17. The maximum absolute atomic E-state index is 9.14. The molecular formula is C15H16BrNO3. The number of aliphatic hydroxyl groups is 1. The van der Waals surface area contributed by atoms with E-state index in [0.29, 0.717) is 23.8 Å². The van der Waals surface area contributed by atoms with Gasteiger partial charge in [-0.2, -0.15) is 0 Å². The fourth-order valence-electron chi connectivity index (χ4n) is 1.85. The second-order valence-corrected chi connectivity index (χ2v) is 5.02. The maximum Gasteiger partial charge on any atom is 0.169 e. The molecule has 3 N–H and O–H groups in total. The number of hydrogen-bond acceptors (Lipinski definition) is 4. The minimum absolute atomic E-state index is 0.0401. The largest absolute Gasteiger partial charge is 0.493 e. The van der Waals surface area contributed by atoms with Crippen molar-refractivity contribution in [3.63, 3.8) is 0 Å².